The van der Waals surface area contributed by atoms with E-state index in [1.54, 1.807) is 6.20 Å². The Labute approximate surface area is 113 Å². The summed E-state index contributed by atoms with van der Waals surface area (Å²) in [5.41, 5.74) is 3.35. The standard InChI is InChI=1S/C12H9ClN2O2S/c13-8-3-1-7(2-4-8)12-14-6-10(18-12)9-5-11(16)15-17-9/h1-4,6,9H,5H2,(H,15,16)/t9-/m1/s1. The lowest BCUT2D eigenvalue weighted by Gasteiger charge is -2.01. The summed E-state index contributed by atoms with van der Waals surface area (Å²) in [6.07, 6.45) is 1.87. The maximum absolute atomic E-state index is 11.1. The molecule has 92 valence electrons. The number of rotatable bonds is 2. The average Bonchev–Trinajstić information content (AvgIpc) is 2.98. The summed E-state index contributed by atoms with van der Waals surface area (Å²) >= 11 is 7.36. The molecule has 1 N–H and O–H groups in total. The molecule has 1 fully saturated rings. The minimum absolute atomic E-state index is 0.0959. The van der Waals surface area contributed by atoms with Crippen molar-refractivity contribution in [3.63, 3.8) is 0 Å². The van der Waals surface area contributed by atoms with Gasteiger partial charge in [-0.1, -0.05) is 23.7 Å². The average molecular weight is 281 g/mol. The minimum Gasteiger partial charge on any atom is -0.273 e. The van der Waals surface area contributed by atoms with Gasteiger partial charge in [0.1, 0.15) is 11.1 Å². The molecule has 0 bridgehead atoms. The fourth-order valence-electron chi connectivity index (χ4n) is 1.71. The third-order valence-corrected chi connectivity index (χ3v) is 4.01. The Bertz CT molecular complexity index is 582. The van der Waals surface area contributed by atoms with E-state index in [1.165, 1.54) is 11.3 Å². The van der Waals surface area contributed by atoms with E-state index in [9.17, 15) is 4.79 Å². The smallest absolute Gasteiger partial charge is 0.246 e. The Hall–Kier alpha value is -1.43. The fourth-order valence-corrected chi connectivity index (χ4v) is 2.79. The van der Waals surface area contributed by atoms with E-state index >= 15 is 0 Å². The number of carbonyl (C=O) groups is 1. The second kappa shape index (κ2) is 4.68. The lowest BCUT2D eigenvalue weighted by atomic mass is 10.2. The fraction of sp³-hybridized carbons (Fsp3) is 0.167. The van der Waals surface area contributed by atoms with Crippen LogP contribution in [0.3, 0.4) is 0 Å². The van der Waals surface area contributed by atoms with Crippen molar-refractivity contribution in [1.82, 2.24) is 10.5 Å². The summed E-state index contributed by atoms with van der Waals surface area (Å²) in [7, 11) is 0. The highest BCUT2D eigenvalue weighted by molar-refractivity contribution is 7.15. The molecule has 0 radical (unpaired) electrons. The maximum atomic E-state index is 11.1. The van der Waals surface area contributed by atoms with Crippen molar-refractivity contribution in [3.05, 3.63) is 40.4 Å². The Balaban J connectivity index is 1.85. The zero-order chi connectivity index (χ0) is 12.5. The van der Waals surface area contributed by atoms with Crippen molar-refractivity contribution in [2.75, 3.05) is 0 Å². The molecule has 18 heavy (non-hydrogen) atoms. The minimum atomic E-state index is -0.226. The first-order valence-corrected chi connectivity index (χ1v) is 6.58. The van der Waals surface area contributed by atoms with Gasteiger partial charge in [0.25, 0.3) is 0 Å². The van der Waals surface area contributed by atoms with Gasteiger partial charge in [0.15, 0.2) is 0 Å². The molecule has 0 unspecified atom stereocenters. The Morgan fingerprint density at radius 2 is 2.17 bits per heavy atom. The number of hydroxylamine groups is 1. The van der Waals surface area contributed by atoms with Crippen LogP contribution < -0.4 is 5.48 Å². The third kappa shape index (κ3) is 2.25. The summed E-state index contributed by atoms with van der Waals surface area (Å²) in [4.78, 5) is 21.5. The van der Waals surface area contributed by atoms with Crippen molar-refractivity contribution >= 4 is 28.8 Å². The molecule has 1 aliphatic rings. The van der Waals surface area contributed by atoms with Crippen LogP contribution in [0.4, 0.5) is 0 Å². The van der Waals surface area contributed by atoms with Gasteiger partial charge in [-0.25, -0.2) is 10.5 Å². The summed E-state index contributed by atoms with van der Waals surface area (Å²) in [6.45, 7) is 0. The predicted molar refractivity (Wildman–Crippen MR) is 69.1 cm³/mol. The number of carbonyl (C=O) groups excluding carboxylic acids is 1. The lowest BCUT2D eigenvalue weighted by molar-refractivity contribution is -0.124. The number of thiazole rings is 1. The zero-order valence-electron chi connectivity index (χ0n) is 9.22. The molecule has 0 spiro atoms. The van der Waals surface area contributed by atoms with Gasteiger partial charge in [0, 0.05) is 16.8 Å². The molecule has 6 heteroatoms. The molecule has 1 atom stereocenters. The van der Waals surface area contributed by atoms with Gasteiger partial charge >= 0.3 is 0 Å². The highest BCUT2D eigenvalue weighted by atomic mass is 35.5. The van der Waals surface area contributed by atoms with Crippen molar-refractivity contribution in [2.45, 2.75) is 12.5 Å². The van der Waals surface area contributed by atoms with Crippen molar-refractivity contribution in [1.29, 1.82) is 0 Å². The van der Waals surface area contributed by atoms with E-state index in [-0.39, 0.29) is 12.0 Å². The first-order valence-electron chi connectivity index (χ1n) is 5.38. The van der Waals surface area contributed by atoms with Crippen LogP contribution >= 0.6 is 22.9 Å². The van der Waals surface area contributed by atoms with E-state index in [2.05, 4.69) is 10.5 Å². The molecular weight excluding hydrogens is 272 g/mol. The quantitative estimate of drug-likeness (QED) is 0.920. The van der Waals surface area contributed by atoms with Crippen LogP contribution in [0.2, 0.25) is 5.02 Å². The van der Waals surface area contributed by atoms with Crippen molar-refractivity contribution < 1.29 is 9.63 Å². The number of hydrogen-bond donors (Lipinski definition) is 1. The molecule has 0 saturated carbocycles. The molecule has 1 saturated heterocycles. The molecule has 1 amide bonds. The highest BCUT2D eigenvalue weighted by Gasteiger charge is 2.26. The molecule has 3 rings (SSSR count). The molecule has 2 aromatic rings. The Morgan fingerprint density at radius 1 is 1.39 bits per heavy atom. The van der Waals surface area contributed by atoms with E-state index < -0.39 is 0 Å². The molecule has 1 aromatic heterocycles. The number of benzene rings is 1. The molecule has 1 aliphatic heterocycles. The number of nitrogens with one attached hydrogen (secondary N) is 1. The molecule has 2 heterocycles. The Morgan fingerprint density at radius 3 is 2.83 bits per heavy atom. The summed E-state index contributed by atoms with van der Waals surface area (Å²) in [6, 6.07) is 7.50. The Kier molecular flexibility index (Phi) is 3.03. The SMILES string of the molecule is O=C1C[C@H](c2cnc(-c3ccc(Cl)cc3)s2)ON1. The van der Waals surface area contributed by atoms with Crippen LogP contribution in [0.1, 0.15) is 17.4 Å². The van der Waals surface area contributed by atoms with Gasteiger partial charge in [-0.3, -0.25) is 9.63 Å². The normalized spacial score (nSPS) is 18.9. The number of amides is 1. The van der Waals surface area contributed by atoms with Crippen LogP contribution in [0.25, 0.3) is 10.6 Å². The van der Waals surface area contributed by atoms with Gasteiger partial charge in [-0.05, 0) is 12.1 Å². The van der Waals surface area contributed by atoms with Crippen LogP contribution in [-0.2, 0) is 9.63 Å². The summed E-state index contributed by atoms with van der Waals surface area (Å²) in [5, 5.41) is 1.59. The zero-order valence-corrected chi connectivity index (χ0v) is 10.8. The molecule has 1 aromatic carbocycles. The molecular formula is C12H9ClN2O2S. The topological polar surface area (TPSA) is 51.2 Å². The second-order valence-electron chi connectivity index (χ2n) is 3.91. The van der Waals surface area contributed by atoms with Crippen molar-refractivity contribution in [3.8, 4) is 10.6 Å². The predicted octanol–water partition coefficient (Wildman–Crippen LogP) is 2.96. The largest absolute Gasteiger partial charge is 0.273 e. The summed E-state index contributed by atoms with van der Waals surface area (Å²) in [5.74, 6) is -0.0959. The van der Waals surface area contributed by atoms with Gasteiger partial charge in [-0.15, -0.1) is 11.3 Å². The monoisotopic (exact) mass is 280 g/mol. The lowest BCUT2D eigenvalue weighted by Crippen LogP contribution is -2.11. The van der Waals surface area contributed by atoms with Gasteiger partial charge < -0.3 is 0 Å². The number of hydrogen-bond acceptors (Lipinski definition) is 4. The van der Waals surface area contributed by atoms with E-state index in [4.69, 9.17) is 16.4 Å². The van der Waals surface area contributed by atoms with E-state index in [0.717, 1.165) is 15.4 Å². The van der Waals surface area contributed by atoms with Crippen LogP contribution in [0.15, 0.2) is 30.5 Å². The van der Waals surface area contributed by atoms with Gasteiger partial charge in [-0.2, -0.15) is 0 Å². The van der Waals surface area contributed by atoms with Crippen LogP contribution in [0.5, 0.6) is 0 Å². The first-order chi connectivity index (χ1) is 8.72. The third-order valence-electron chi connectivity index (χ3n) is 2.62. The van der Waals surface area contributed by atoms with E-state index in [1.807, 2.05) is 24.3 Å². The van der Waals surface area contributed by atoms with Gasteiger partial charge in [0.2, 0.25) is 5.91 Å². The number of halogens is 1. The van der Waals surface area contributed by atoms with E-state index in [0.29, 0.717) is 11.4 Å². The van der Waals surface area contributed by atoms with Crippen LogP contribution in [0, 0.1) is 0 Å². The first kappa shape index (κ1) is 11.6. The number of aromatic nitrogens is 1. The van der Waals surface area contributed by atoms with Crippen LogP contribution in [-0.4, -0.2) is 10.9 Å². The van der Waals surface area contributed by atoms with Crippen molar-refractivity contribution in [2.24, 2.45) is 0 Å². The number of nitrogens with zero attached hydrogens (tertiary/aromatic N) is 1. The maximum Gasteiger partial charge on any atom is 0.246 e. The molecule has 0 aliphatic carbocycles. The summed E-state index contributed by atoms with van der Waals surface area (Å²) < 4.78 is 0. The molecule has 4 nitrogen and oxygen atoms in total. The highest BCUT2D eigenvalue weighted by Crippen LogP contribution is 2.33. The van der Waals surface area contributed by atoms with Gasteiger partial charge in [0.05, 0.1) is 11.3 Å². The second-order valence-corrected chi connectivity index (χ2v) is 5.41.